The molecule has 1 fully saturated rings. The first-order valence-corrected chi connectivity index (χ1v) is 11.2. The van der Waals surface area contributed by atoms with Crippen molar-refractivity contribution in [2.45, 2.75) is 25.5 Å². The summed E-state index contributed by atoms with van der Waals surface area (Å²) in [6, 6.07) is 9.03. The van der Waals surface area contributed by atoms with Gasteiger partial charge in [0.2, 0.25) is 0 Å². The van der Waals surface area contributed by atoms with Crippen molar-refractivity contribution in [2.24, 2.45) is 5.73 Å². The molecule has 0 spiro atoms. The molecule has 2 aromatic heterocycles. The maximum Gasteiger partial charge on any atom is 0.387 e. The van der Waals surface area contributed by atoms with Crippen LogP contribution in [0.1, 0.15) is 41.7 Å². The van der Waals surface area contributed by atoms with Gasteiger partial charge in [0.1, 0.15) is 35.1 Å². The summed E-state index contributed by atoms with van der Waals surface area (Å²) in [6.45, 7) is -2.53. The first-order valence-electron chi connectivity index (χ1n) is 11.2. The summed E-state index contributed by atoms with van der Waals surface area (Å²) in [6.07, 6.45) is 4.14. The molecule has 0 unspecified atom stereocenters. The lowest BCUT2D eigenvalue weighted by atomic mass is 10.0. The molecule has 0 saturated carbocycles. The lowest BCUT2D eigenvalue weighted by Gasteiger charge is -2.26. The number of imidazole rings is 1. The molecule has 0 radical (unpaired) electrons. The van der Waals surface area contributed by atoms with Crippen LogP contribution in [0.4, 0.5) is 23.4 Å². The van der Waals surface area contributed by atoms with E-state index in [1.54, 1.807) is 6.07 Å². The number of rotatable bonds is 6. The smallest absolute Gasteiger partial charge is 0.387 e. The Morgan fingerprint density at radius 1 is 1.22 bits per heavy atom. The first kappa shape index (κ1) is 24.1. The van der Waals surface area contributed by atoms with Crippen LogP contribution in [0.25, 0.3) is 16.6 Å². The van der Waals surface area contributed by atoms with Crippen molar-refractivity contribution in [3.8, 4) is 11.8 Å². The van der Waals surface area contributed by atoms with Gasteiger partial charge in [-0.25, -0.2) is 23.7 Å². The zero-order valence-electron chi connectivity index (χ0n) is 19.1. The molecule has 0 aliphatic carbocycles. The summed E-state index contributed by atoms with van der Waals surface area (Å²) in [5.41, 5.74) is 7.01. The van der Waals surface area contributed by atoms with Gasteiger partial charge in [-0.05, 0) is 43.2 Å². The molecule has 2 aromatic carbocycles. The molecule has 1 atom stereocenters. The Morgan fingerprint density at radius 3 is 2.81 bits per heavy atom. The maximum atomic E-state index is 14.5. The van der Waals surface area contributed by atoms with E-state index in [2.05, 4.69) is 24.7 Å². The molecule has 12 heteroatoms. The summed E-state index contributed by atoms with van der Waals surface area (Å²) in [5.74, 6) is -0.387. The molecule has 5 rings (SSSR count). The highest BCUT2D eigenvalue weighted by molar-refractivity contribution is 5.84. The first-order chi connectivity index (χ1) is 17.9. The molecule has 188 valence electrons. The molecule has 1 aliphatic heterocycles. The number of hydrogen-bond donors (Lipinski definition) is 2. The molecule has 1 aliphatic rings. The van der Waals surface area contributed by atoms with Crippen LogP contribution >= 0.6 is 0 Å². The standard InChI is InChI=1S/C25H19F4N7O/c26-14-3-4-17(27)15(9-14)20-2-1-7-36(20)22-5-6-32-23(35-22)16(12-31)24-33-18-8-13(11-30)21(37-25(28)29)10-19(18)34-24/h3-6,8-10,12,20,25H,1-2,7,31H2,(H,33,34)/t20-/m1/s1. The minimum atomic E-state index is -3.10. The summed E-state index contributed by atoms with van der Waals surface area (Å²) in [7, 11) is 0. The van der Waals surface area contributed by atoms with E-state index < -0.39 is 24.3 Å². The number of aromatic amines is 1. The van der Waals surface area contributed by atoms with Crippen LogP contribution in [-0.2, 0) is 0 Å². The molecule has 3 N–H and O–H groups in total. The minimum absolute atomic E-state index is 0.0934. The van der Waals surface area contributed by atoms with E-state index in [1.165, 1.54) is 30.6 Å². The van der Waals surface area contributed by atoms with E-state index >= 15 is 0 Å². The van der Waals surface area contributed by atoms with Crippen molar-refractivity contribution in [1.29, 1.82) is 5.26 Å². The molecule has 1 saturated heterocycles. The number of H-pyrrole nitrogens is 1. The van der Waals surface area contributed by atoms with E-state index in [0.717, 1.165) is 18.6 Å². The van der Waals surface area contributed by atoms with Crippen LogP contribution in [0.15, 0.2) is 48.8 Å². The van der Waals surface area contributed by atoms with Crippen molar-refractivity contribution in [2.75, 3.05) is 11.4 Å². The van der Waals surface area contributed by atoms with Gasteiger partial charge in [0.05, 0.1) is 28.2 Å². The van der Waals surface area contributed by atoms with Crippen molar-refractivity contribution in [3.05, 3.63) is 83.2 Å². The number of nitrogens with zero attached hydrogens (tertiary/aromatic N) is 5. The number of anilines is 1. The third kappa shape index (κ3) is 4.63. The summed E-state index contributed by atoms with van der Waals surface area (Å²) in [4.78, 5) is 18.2. The van der Waals surface area contributed by atoms with E-state index in [4.69, 9.17) is 5.73 Å². The maximum absolute atomic E-state index is 14.5. The highest BCUT2D eigenvalue weighted by Gasteiger charge is 2.30. The normalized spacial score (nSPS) is 15.9. The van der Waals surface area contributed by atoms with Gasteiger partial charge in [-0.1, -0.05) is 0 Å². The predicted octanol–water partition coefficient (Wildman–Crippen LogP) is 4.79. The fourth-order valence-corrected chi connectivity index (χ4v) is 4.48. The number of nitrogens with two attached hydrogens (primary N) is 1. The number of nitriles is 1. The predicted molar refractivity (Wildman–Crippen MR) is 126 cm³/mol. The van der Waals surface area contributed by atoms with Crippen LogP contribution in [0.2, 0.25) is 0 Å². The van der Waals surface area contributed by atoms with Crippen LogP contribution in [0.3, 0.4) is 0 Å². The van der Waals surface area contributed by atoms with E-state index in [9.17, 15) is 22.8 Å². The van der Waals surface area contributed by atoms with Gasteiger partial charge < -0.3 is 20.4 Å². The third-order valence-electron chi connectivity index (χ3n) is 6.09. The lowest BCUT2D eigenvalue weighted by Crippen LogP contribution is -2.25. The van der Waals surface area contributed by atoms with Gasteiger partial charge in [-0.3, -0.25) is 0 Å². The van der Waals surface area contributed by atoms with Crippen molar-refractivity contribution >= 4 is 22.4 Å². The zero-order valence-corrected chi connectivity index (χ0v) is 19.1. The highest BCUT2D eigenvalue weighted by atomic mass is 19.3. The van der Waals surface area contributed by atoms with Crippen LogP contribution in [0, 0.1) is 23.0 Å². The van der Waals surface area contributed by atoms with E-state index in [0.29, 0.717) is 29.9 Å². The second-order valence-electron chi connectivity index (χ2n) is 8.28. The molecule has 37 heavy (non-hydrogen) atoms. The number of nitrogens with one attached hydrogen (secondary N) is 1. The van der Waals surface area contributed by atoms with Crippen molar-refractivity contribution in [3.63, 3.8) is 0 Å². The quantitative estimate of drug-likeness (QED) is 0.359. The van der Waals surface area contributed by atoms with Gasteiger partial charge >= 0.3 is 6.61 Å². The van der Waals surface area contributed by atoms with Gasteiger partial charge in [0.15, 0.2) is 5.82 Å². The topological polar surface area (TPSA) is 117 Å². The number of alkyl halides is 2. The van der Waals surface area contributed by atoms with E-state index in [1.807, 2.05) is 11.0 Å². The van der Waals surface area contributed by atoms with Crippen LogP contribution < -0.4 is 15.4 Å². The number of aromatic nitrogens is 4. The summed E-state index contributed by atoms with van der Waals surface area (Å²) >= 11 is 0. The number of hydrogen-bond acceptors (Lipinski definition) is 7. The largest absolute Gasteiger partial charge is 0.433 e. The Balaban J connectivity index is 1.50. The van der Waals surface area contributed by atoms with Crippen molar-refractivity contribution in [1.82, 2.24) is 19.9 Å². The highest BCUT2D eigenvalue weighted by Crippen LogP contribution is 2.37. The van der Waals surface area contributed by atoms with Gasteiger partial charge in [0, 0.05) is 30.6 Å². The van der Waals surface area contributed by atoms with Crippen LogP contribution in [-0.4, -0.2) is 33.1 Å². The molecular weight excluding hydrogens is 490 g/mol. The Morgan fingerprint density at radius 2 is 2.05 bits per heavy atom. The number of ether oxygens (including phenoxy) is 1. The Kier molecular flexibility index (Phi) is 6.35. The zero-order chi connectivity index (χ0) is 26.1. The Hall–Kier alpha value is -4.66. The average molecular weight is 509 g/mol. The monoisotopic (exact) mass is 509 g/mol. The summed E-state index contributed by atoms with van der Waals surface area (Å²) in [5, 5.41) is 9.29. The molecule has 3 heterocycles. The number of fused-ring (bicyclic) bond motifs is 1. The van der Waals surface area contributed by atoms with Gasteiger partial charge in [0.25, 0.3) is 0 Å². The number of benzene rings is 2. The summed E-state index contributed by atoms with van der Waals surface area (Å²) < 4.78 is 58.3. The molecule has 0 amide bonds. The number of halogens is 4. The van der Waals surface area contributed by atoms with Gasteiger partial charge in [-0.15, -0.1) is 0 Å². The molecular formula is C25H19F4N7O. The Bertz CT molecular complexity index is 1550. The molecule has 8 nitrogen and oxygen atoms in total. The molecule has 4 aromatic rings. The minimum Gasteiger partial charge on any atom is -0.433 e. The SMILES string of the molecule is N#Cc1cc2[nH]c(C(=CN)c3nccc(N4CCC[C@@H]4c4cc(F)ccc4F)n3)nc2cc1OC(F)F. The second kappa shape index (κ2) is 9.77. The fourth-order valence-electron chi connectivity index (χ4n) is 4.48. The lowest BCUT2D eigenvalue weighted by molar-refractivity contribution is -0.0499. The van der Waals surface area contributed by atoms with Crippen molar-refractivity contribution < 1.29 is 22.3 Å². The van der Waals surface area contributed by atoms with Gasteiger partial charge in [-0.2, -0.15) is 14.0 Å². The molecule has 0 bridgehead atoms. The second-order valence-corrected chi connectivity index (χ2v) is 8.28. The third-order valence-corrected chi connectivity index (χ3v) is 6.09. The fraction of sp³-hybridized carbons (Fsp3) is 0.200. The van der Waals surface area contributed by atoms with E-state index in [-0.39, 0.29) is 34.0 Å². The average Bonchev–Trinajstić information content (AvgIpc) is 3.52. The van der Waals surface area contributed by atoms with Crippen LogP contribution in [0.5, 0.6) is 5.75 Å². The Labute approximate surface area is 208 Å².